The Kier molecular flexibility index (Phi) is 3.53. The molecule has 19 heavy (non-hydrogen) atoms. The average Bonchev–Trinajstić information content (AvgIpc) is 3.10. The van der Waals surface area contributed by atoms with Crippen LogP contribution in [0.15, 0.2) is 36.5 Å². The highest BCUT2D eigenvalue weighted by Crippen LogP contribution is 2.30. The molecule has 0 bridgehead atoms. The number of H-pyrrole nitrogens is 1. The molecule has 2 atom stereocenters. The van der Waals surface area contributed by atoms with Crippen molar-refractivity contribution in [3.05, 3.63) is 36.5 Å². The Morgan fingerprint density at radius 3 is 3.00 bits per heavy atom. The van der Waals surface area contributed by atoms with Gasteiger partial charge in [-0.1, -0.05) is 25.5 Å². The van der Waals surface area contributed by atoms with Crippen molar-refractivity contribution >= 4 is 5.69 Å². The standard InChI is InChI=1S/C16H21N3/c1-2-12-6-7-15(10-12)18-14-5-3-4-13(11-14)16-8-9-17-19-16/h3-5,8-9,11-12,15,18H,2,6-7,10H2,1H3,(H,17,19). The quantitative estimate of drug-likeness (QED) is 0.864. The summed E-state index contributed by atoms with van der Waals surface area (Å²) in [4.78, 5) is 0. The molecule has 1 saturated carbocycles. The maximum atomic E-state index is 4.01. The first-order valence-electron chi connectivity index (χ1n) is 7.21. The molecule has 1 aromatic carbocycles. The van der Waals surface area contributed by atoms with Gasteiger partial charge in [0.05, 0.1) is 5.69 Å². The van der Waals surface area contributed by atoms with Crippen LogP contribution in [0.4, 0.5) is 5.69 Å². The molecule has 2 unspecified atom stereocenters. The predicted molar refractivity (Wildman–Crippen MR) is 79.1 cm³/mol. The van der Waals surface area contributed by atoms with E-state index in [1.165, 1.54) is 36.9 Å². The molecule has 100 valence electrons. The zero-order chi connectivity index (χ0) is 13.1. The fourth-order valence-electron chi connectivity index (χ4n) is 3.01. The Hall–Kier alpha value is -1.77. The Morgan fingerprint density at radius 2 is 2.26 bits per heavy atom. The summed E-state index contributed by atoms with van der Waals surface area (Å²) in [5, 5.41) is 10.7. The zero-order valence-corrected chi connectivity index (χ0v) is 11.4. The molecule has 1 aromatic heterocycles. The normalized spacial score (nSPS) is 22.6. The minimum Gasteiger partial charge on any atom is -0.382 e. The monoisotopic (exact) mass is 255 g/mol. The summed E-state index contributed by atoms with van der Waals surface area (Å²) in [6.45, 7) is 2.30. The van der Waals surface area contributed by atoms with Crippen LogP contribution in [0, 0.1) is 5.92 Å². The summed E-state index contributed by atoms with van der Waals surface area (Å²) in [6, 6.07) is 11.2. The fraction of sp³-hybridized carbons (Fsp3) is 0.438. The number of anilines is 1. The van der Waals surface area contributed by atoms with E-state index >= 15 is 0 Å². The molecule has 3 nitrogen and oxygen atoms in total. The van der Waals surface area contributed by atoms with E-state index in [2.05, 4.69) is 46.7 Å². The second kappa shape index (κ2) is 5.47. The van der Waals surface area contributed by atoms with Crippen LogP contribution in [0.1, 0.15) is 32.6 Å². The summed E-state index contributed by atoms with van der Waals surface area (Å²) < 4.78 is 0. The van der Waals surface area contributed by atoms with Crippen molar-refractivity contribution in [2.45, 2.75) is 38.6 Å². The van der Waals surface area contributed by atoms with Gasteiger partial charge in [-0.15, -0.1) is 0 Å². The average molecular weight is 255 g/mol. The van der Waals surface area contributed by atoms with E-state index in [1.807, 2.05) is 6.07 Å². The van der Waals surface area contributed by atoms with Crippen LogP contribution in [0.3, 0.4) is 0 Å². The molecule has 2 N–H and O–H groups in total. The number of aromatic amines is 1. The summed E-state index contributed by atoms with van der Waals surface area (Å²) in [7, 11) is 0. The van der Waals surface area contributed by atoms with Crippen LogP contribution in [-0.2, 0) is 0 Å². The fourth-order valence-corrected chi connectivity index (χ4v) is 3.01. The maximum Gasteiger partial charge on any atom is 0.0650 e. The van der Waals surface area contributed by atoms with Gasteiger partial charge >= 0.3 is 0 Å². The summed E-state index contributed by atoms with van der Waals surface area (Å²) >= 11 is 0. The number of benzene rings is 1. The summed E-state index contributed by atoms with van der Waals surface area (Å²) in [6.07, 6.45) is 7.08. The van der Waals surface area contributed by atoms with E-state index in [0.29, 0.717) is 6.04 Å². The Labute approximate surface area is 114 Å². The molecule has 1 heterocycles. The van der Waals surface area contributed by atoms with Gasteiger partial charge in [0.25, 0.3) is 0 Å². The van der Waals surface area contributed by atoms with Crippen molar-refractivity contribution in [1.82, 2.24) is 10.2 Å². The molecule has 1 aliphatic rings. The highest BCUT2D eigenvalue weighted by Gasteiger charge is 2.22. The van der Waals surface area contributed by atoms with Gasteiger partial charge in [0, 0.05) is 23.5 Å². The minimum absolute atomic E-state index is 0.641. The lowest BCUT2D eigenvalue weighted by Gasteiger charge is -2.15. The largest absolute Gasteiger partial charge is 0.382 e. The van der Waals surface area contributed by atoms with E-state index in [1.54, 1.807) is 6.20 Å². The summed E-state index contributed by atoms with van der Waals surface area (Å²) in [5.41, 5.74) is 3.47. The third-order valence-corrected chi connectivity index (χ3v) is 4.16. The number of hydrogen-bond acceptors (Lipinski definition) is 2. The third-order valence-electron chi connectivity index (χ3n) is 4.16. The van der Waals surface area contributed by atoms with Gasteiger partial charge in [-0.05, 0) is 43.4 Å². The molecular formula is C16H21N3. The van der Waals surface area contributed by atoms with Gasteiger partial charge in [0.15, 0.2) is 0 Å². The van der Waals surface area contributed by atoms with Crippen LogP contribution in [0.5, 0.6) is 0 Å². The van der Waals surface area contributed by atoms with Gasteiger partial charge in [0.1, 0.15) is 0 Å². The van der Waals surface area contributed by atoms with Crippen molar-refractivity contribution in [2.75, 3.05) is 5.32 Å². The SMILES string of the molecule is CCC1CCC(Nc2cccc(-c3ccn[nH]3)c2)C1. The molecule has 0 amide bonds. The van der Waals surface area contributed by atoms with Crippen LogP contribution >= 0.6 is 0 Å². The number of hydrogen-bond donors (Lipinski definition) is 2. The van der Waals surface area contributed by atoms with Gasteiger partial charge in [-0.2, -0.15) is 5.10 Å². The number of aromatic nitrogens is 2. The van der Waals surface area contributed by atoms with E-state index in [4.69, 9.17) is 0 Å². The van der Waals surface area contributed by atoms with Crippen LogP contribution in [0.25, 0.3) is 11.3 Å². The third kappa shape index (κ3) is 2.80. The number of nitrogens with one attached hydrogen (secondary N) is 2. The molecule has 3 heteroatoms. The van der Waals surface area contributed by atoms with E-state index in [-0.39, 0.29) is 0 Å². The van der Waals surface area contributed by atoms with E-state index in [9.17, 15) is 0 Å². The predicted octanol–water partition coefficient (Wildman–Crippen LogP) is 4.07. The number of rotatable bonds is 4. The molecule has 3 rings (SSSR count). The smallest absolute Gasteiger partial charge is 0.0650 e. The lowest BCUT2D eigenvalue weighted by molar-refractivity contribution is 0.525. The van der Waals surface area contributed by atoms with E-state index < -0.39 is 0 Å². The zero-order valence-electron chi connectivity index (χ0n) is 11.4. The van der Waals surface area contributed by atoms with E-state index in [0.717, 1.165) is 11.6 Å². The first kappa shape index (κ1) is 12.3. The van der Waals surface area contributed by atoms with Crippen molar-refractivity contribution in [3.8, 4) is 11.3 Å². The molecule has 1 aliphatic carbocycles. The first-order chi connectivity index (χ1) is 9.35. The van der Waals surface area contributed by atoms with Crippen molar-refractivity contribution < 1.29 is 0 Å². The minimum atomic E-state index is 0.641. The Balaban J connectivity index is 1.70. The lowest BCUT2D eigenvalue weighted by atomic mass is 10.1. The second-order valence-corrected chi connectivity index (χ2v) is 5.48. The van der Waals surface area contributed by atoms with Crippen molar-refractivity contribution in [1.29, 1.82) is 0 Å². The van der Waals surface area contributed by atoms with Gasteiger partial charge in [-0.3, -0.25) is 5.10 Å². The molecule has 1 fully saturated rings. The van der Waals surface area contributed by atoms with Gasteiger partial charge in [-0.25, -0.2) is 0 Å². The topological polar surface area (TPSA) is 40.7 Å². The molecule has 2 aromatic rings. The second-order valence-electron chi connectivity index (χ2n) is 5.48. The molecule has 0 spiro atoms. The maximum absolute atomic E-state index is 4.01. The molecule has 0 aliphatic heterocycles. The highest BCUT2D eigenvalue weighted by atomic mass is 15.1. The van der Waals surface area contributed by atoms with Crippen LogP contribution < -0.4 is 5.32 Å². The first-order valence-corrected chi connectivity index (χ1v) is 7.21. The van der Waals surface area contributed by atoms with Crippen LogP contribution in [0.2, 0.25) is 0 Å². The Morgan fingerprint density at radius 1 is 1.32 bits per heavy atom. The summed E-state index contributed by atoms with van der Waals surface area (Å²) in [5.74, 6) is 0.910. The molecule has 0 radical (unpaired) electrons. The van der Waals surface area contributed by atoms with Crippen molar-refractivity contribution in [2.24, 2.45) is 5.92 Å². The molecular weight excluding hydrogens is 234 g/mol. The van der Waals surface area contributed by atoms with Gasteiger partial charge in [0.2, 0.25) is 0 Å². The highest BCUT2D eigenvalue weighted by molar-refractivity contribution is 5.64. The molecule has 0 saturated heterocycles. The number of nitrogens with zero attached hydrogens (tertiary/aromatic N) is 1. The lowest BCUT2D eigenvalue weighted by Crippen LogP contribution is -2.15. The Bertz CT molecular complexity index is 519. The van der Waals surface area contributed by atoms with Crippen LogP contribution in [-0.4, -0.2) is 16.2 Å². The van der Waals surface area contributed by atoms with Crippen molar-refractivity contribution in [3.63, 3.8) is 0 Å². The van der Waals surface area contributed by atoms with Gasteiger partial charge < -0.3 is 5.32 Å².